The van der Waals surface area contributed by atoms with Crippen LogP contribution in [0.1, 0.15) is 61.3 Å². The van der Waals surface area contributed by atoms with E-state index >= 15 is 0 Å². The molecule has 1 unspecified atom stereocenters. The van der Waals surface area contributed by atoms with Gasteiger partial charge < -0.3 is 15.2 Å². The van der Waals surface area contributed by atoms with Crippen LogP contribution >= 0.6 is 0 Å². The average Bonchev–Trinajstić information content (AvgIpc) is 3.44. The van der Waals surface area contributed by atoms with Gasteiger partial charge >= 0.3 is 6.18 Å². The number of aryl methyl sites for hydroxylation is 3. The fraction of sp³-hybridized carbons (Fsp3) is 0.440. The van der Waals surface area contributed by atoms with Gasteiger partial charge in [-0.3, -0.25) is 0 Å². The number of alkyl halides is 3. The van der Waals surface area contributed by atoms with Gasteiger partial charge in [0.1, 0.15) is 11.5 Å². The summed E-state index contributed by atoms with van der Waals surface area (Å²) >= 11 is 0. The zero-order chi connectivity index (χ0) is 26.9. The van der Waals surface area contributed by atoms with Gasteiger partial charge in [-0.05, 0) is 66.4 Å². The maximum Gasteiger partial charge on any atom is 0.416 e. The fourth-order valence-electron chi connectivity index (χ4n) is 4.51. The summed E-state index contributed by atoms with van der Waals surface area (Å²) in [5.41, 5.74) is 8.99. The Hall–Kier alpha value is -3.54. The molecule has 0 aliphatic heterocycles. The molecule has 8 nitrogen and oxygen atoms in total. The fourth-order valence-corrected chi connectivity index (χ4v) is 4.51. The topological polar surface area (TPSA) is 90.7 Å². The highest BCUT2D eigenvalue weighted by atomic mass is 19.4. The first kappa shape index (κ1) is 26.5. The van der Waals surface area contributed by atoms with Crippen molar-refractivity contribution in [1.29, 1.82) is 0 Å². The number of hydrogen-bond donors (Lipinski definition) is 1. The summed E-state index contributed by atoms with van der Waals surface area (Å²) in [6, 6.07) is 6.23. The monoisotopic (exact) mass is 518 g/mol. The molecular weight excluding hydrogens is 488 g/mol. The summed E-state index contributed by atoms with van der Waals surface area (Å²) < 4.78 is 56.3. The Morgan fingerprint density at radius 2 is 1.81 bits per heavy atom. The van der Waals surface area contributed by atoms with Crippen molar-refractivity contribution in [3.05, 3.63) is 64.2 Å². The Morgan fingerprint density at radius 1 is 1.05 bits per heavy atom. The van der Waals surface area contributed by atoms with Crippen LogP contribution in [0.25, 0.3) is 11.0 Å². The highest BCUT2D eigenvalue weighted by Crippen LogP contribution is 2.32. The van der Waals surface area contributed by atoms with E-state index in [1.165, 1.54) is 4.80 Å². The van der Waals surface area contributed by atoms with Gasteiger partial charge in [0.25, 0.3) is 5.95 Å². The Labute approximate surface area is 212 Å². The molecule has 198 valence electrons. The van der Waals surface area contributed by atoms with Gasteiger partial charge in [0, 0.05) is 36.8 Å². The van der Waals surface area contributed by atoms with E-state index in [1.54, 1.807) is 11.9 Å². The zero-order valence-electron chi connectivity index (χ0n) is 21.2. The Bertz CT molecular complexity index is 1390. The number of benzene rings is 1. The van der Waals surface area contributed by atoms with Crippen molar-refractivity contribution in [2.75, 3.05) is 4.90 Å². The lowest BCUT2D eigenvalue weighted by Gasteiger charge is -2.24. The quantitative estimate of drug-likeness (QED) is 0.317. The summed E-state index contributed by atoms with van der Waals surface area (Å²) in [4.78, 5) is 7.85. The molecule has 0 aliphatic rings. The Kier molecular flexibility index (Phi) is 7.49. The molecule has 0 saturated carbocycles. The van der Waals surface area contributed by atoms with E-state index < -0.39 is 17.6 Å². The van der Waals surface area contributed by atoms with Crippen molar-refractivity contribution in [3.8, 4) is 0 Å². The number of fused-ring (bicyclic) bond motifs is 1. The molecule has 37 heavy (non-hydrogen) atoms. The Morgan fingerprint density at radius 3 is 2.41 bits per heavy atom. The van der Waals surface area contributed by atoms with E-state index in [0.717, 1.165) is 47.4 Å². The second-order valence-electron chi connectivity index (χ2n) is 8.97. The number of nitrogens with zero attached hydrogens (tertiary/aromatic N) is 7. The number of nitrogens with two attached hydrogens (primary N) is 1. The maximum atomic E-state index is 14.1. The predicted octanol–water partition coefficient (Wildman–Crippen LogP) is 4.92. The number of tetrazole rings is 1. The molecule has 2 N–H and O–H groups in total. The maximum absolute atomic E-state index is 14.1. The third-order valence-corrected chi connectivity index (χ3v) is 6.34. The van der Waals surface area contributed by atoms with Crippen LogP contribution in [0.15, 0.2) is 30.3 Å². The molecule has 3 aromatic heterocycles. The van der Waals surface area contributed by atoms with E-state index in [2.05, 4.69) is 39.9 Å². The summed E-state index contributed by atoms with van der Waals surface area (Å²) in [6.07, 6.45) is -3.20. The van der Waals surface area contributed by atoms with Crippen molar-refractivity contribution in [2.45, 2.75) is 65.5 Å². The van der Waals surface area contributed by atoms with Crippen LogP contribution in [0.4, 0.5) is 23.5 Å². The van der Waals surface area contributed by atoms with E-state index in [4.69, 9.17) is 10.7 Å². The second kappa shape index (κ2) is 10.4. The van der Waals surface area contributed by atoms with E-state index in [1.807, 2.05) is 13.0 Å². The molecule has 0 amide bonds. The predicted molar refractivity (Wildman–Crippen MR) is 132 cm³/mol. The molecular formula is C25H30F4N8. The van der Waals surface area contributed by atoms with Gasteiger partial charge in [0.2, 0.25) is 0 Å². The zero-order valence-corrected chi connectivity index (χ0v) is 21.2. The normalized spacial score (nSPS) is 12.9. The first-order valence-electron chi connectivity index (χ1n) is 12.2. The van der Waals surface area contributed by atoms with Crippen molar-refractivity contribution in [2.24, 2.45) is 12.8 Å². The minimum absolute atomic E-state index is 0.0818. The van der Waals surface area contributed by atoms with Gasteiger partial charge in [-0.15, -0.1) is 5.10 Å². The van der Waals surface area contributed by atoms with Gasteiger partial charge in [-0.25, -0.2) is 9.37 Å². The molecule has 0 aliphatic carbocycles. The lowest BCUT2D eigenvalue weighted by Crippen LogP contribution is -2.26. The van der Waals surface area contributed by atoms with Crippen molar-refractivity contribution >= 4 is 17.0 Å². The summed E-state index contributed by atoms with van der Waals surface area (Å²) in [5.74, 6) is -0.779. The first-order chi connectivity index (χ1) is 17.5. The number of anilines is 1. The minimum atomic E-state index is -4.67. The van der Waals surface area contributed by atoms with Gasteiger partial charge in [0.05, 0.1) is 18.3 Å². The van der Waals surface area contributed by atoms with E-state index in [0.29, 0.717) is 18.2 Å². The number of pyridine rings is 1. The Balaban J connectivity index is 1.80. The number of aromatic nitrogens is 6. The standard InChI is InChI=1S/C25H30F4N8/c1-5-20-11-16-10-17(22(21(30)6-2)31-23(16)37(20)7-3)14-36(24-32-34-35(4)33-24)13-15-8-18(25(27,28)29)12-19(26)9-15/h8-12,21H,5-7,13-14,30H2,1-4H3. The van der Waals surface area contributed by atoms with E-state index in [9.17, 15) is 17.6 Å². The van der Waals surface area contributed by atoms with Crippen LogP contribution in [0, 0.1) is 5.82 Å². The van der Waals surface area contributed by atoms with Gasteiger partial charge in [-0.1, -0.05) is 18.9 Å². The van der Waals surface area contributed by atoms with Crippen molar-refractivity contribution in [1.82, 2.24) is 29.8 Å². The lowest BCUT2D eigenvalue weighted by molar-refractivity contribution is -0.137. The highest BCUT2D eigenvalue weighted by Gasteiger charge is 2.31. The van der Waals surface area contributed by atoms with Crippen LogP contribution in [0.5, 0.6) is 0 Å². The van der Waals surface area contributed by atoms with Crippen LogP contribution in [-0.2, 0) is 39.3 Å². The third kappa shape index (κ3) is 5.58. The average molecular weight is 519 g/mol. The van der Waals surface area contributed by atoms with Crippen LogP contribution in [-0.4, -0.2) is 29.8 Å². The van der Waals surface area contributed by atoms with Crippen LogP contribution in [0.3, 0.4) is 0 Å². The van der Waals surface area contributed by atoms with Crippen LogP contribution in [0.2, 0.25) is 0 Å². The van der Waals surface area contributed by atoms with Crippen molar-refractivity contribution < 1.29 is 17.6 Å². The second-order valence-corrected chi connectivity index (χ2v) is 8.97. The van der Waals surface area contributed by atoms with Gasteiger partial charge in [0.15, 0.2) is 0 Å². The lowest BCUT2D eigenvalue weighted by atomic mass is 10.0. The summed E-state index contributed by atoms with van der Waals surface area (Å²) in [5, 5.41) is 13.1. The molecule has 4 rings (SSSR count). The molecule has 0 saturated heterocycles. The largest absolute Gasteiger partial charge is 0.416 e. The smallest absolute Gasteiger partial charge is 0.330 e. The molecule has 1 aromatic carbocycles. The first-order valence-corrected chi connectivity index (χ1v) is 12.2. The number of hydrogen-bond acceptors (Lipinski definition) is 6. The van der Waals surface area contributed by atoms with Crippen molar-refractivity contribution in [3.63, 3.8) is 0 Å². The highest BCUT2D eigenvalue weighted by molar-refractivity contribution is 5.79. The molecule has 0 fully saturated rings. The van der Waals surface area contributed by atoms with E-state index in [-0.39, 0.29) is 30.6 Å². The van der Waals surface area contributed by atoms with Gasteiger partial charge in [-0.2, -0.15) is 18.0 Å². The minimum Gasteiger partial charge on any atom is -0.330 e. The molecule has 0 spiro atoms. The molecule has 1 atom stereocenters. The molecule has 12 heteroatoms. The molecule has 0 radical (unpaired) electrons. The SMILES string of the molecule is CCc1cc2cc(CN(Cc3cc(F)cc(C(F)(F)F)c3)c3nnn(C)n3)c(C(N)CC)nc2n1CC. The third-order valence-electron chi connectivity index (χ3n) is 6.34. The molecule has 0 bridgehead atoms. The number of halogens is 4. The summed E-state index contributed by atoms with van der Waals surface area (Å²) in [7, 11) is 1.59. The molecule has 4 aromatic rings. The molecule has 3 heterocycles. The summed E-state index contributed by atoms with van der Waals surface area (Å²) in [6.45, 7) is 6.97. The van der Waals surface area contributed by atoms with Crippen LogP contribution < -0.4 is 10.6 Å². The number of rotatable bonds is 9.